The molecule has 1 aliphatic rings. The molecule has 1 N–H and O–H groups in total. The Bertz CT molecular complexity index is 161. The van der Waals surface area contributed by atoms with Gasteiger partial charge in [-0.2, -0.15) is 0 Å². The lowest BCUT2D eigenvalue weighted by Gasteiger charge is -2.13. The number of likely N-dealkylation sites (N-methyl/N-ethyl adjacent to an activating group) is 1. The molecule has 70 valence electrons. The molecule has 4 nitrogen and oxygen atoms in total. The molecule has 0 amide bonds. The highest BCUT2D eigenvalue weighted by Gasteiger charge is 2.22. The summed E-state index contributed by atoms with van der Waals surface area (Å²) in [5.74, 6) is -0.147. The molecule has 0 radical (unpaired) electrons. The fourth-order valence-electron chi connectivity index (χ4n) is 1.46. The molecule has 0 aromatic carbocycles. The Hall–Kier alpha value is -0.610. The van der Waals surface area contributed by atoms with Crippen molar-refractivity contribution in [2.45, 2.75) is 12.5 Å². The first-order chi connectivity index (χ1) is 5.76. The van der Waals surface area contributed by atoms with Gasteiger partial charge in [0.2, 0.25) is 0 Å². The number of ether oxygens (including phenoxy) is 1. The molecule has 0 aromatic heterocycles. The van der Waals surface area contributed by atoms with E-state index in [1.165, 1.54) is 7.11 Å². The van der Waals surface area contributed by atoms with Crippen LogP contribution in [0.1, 0.15) is 6.42 Å². The minimum atomic E-state index is -0.147. The summed E-state index contributed by atoms with van der Waals surface area (Å²) in [5, 5.41) is 3.19. The lowest BCUT2D eigenvalue weighted by Crippen LogP contribution is -2.32. The maximum atomic E-state index is 10.9. The van der Waals surface area contributed by atoms with E-state index in [0.717, 1.165) is 19.5 Å². The van der Waals surface area contributed by atoms with E-state index in [2.05, 4.69) is 15.0 Å². The number of nitrogens with zero attached hydrogens (tertiary/aromatic N) is 1. The highest BCUT2D eigenvalue weighted by atomic mass is 16.5. The summed E-state index contributed by atoms with van der Waals surface area (Å²) >= 11 is 0. The van der Waals surface area contributed by atoms with E-state index < -0.39 is 0 Å². The zero-order valence-electron chi connectivity index (χ0n) is 7.67. The van der Waals surface area contributed by atoms with Crippen LogP contribution in [0.15, 0.2) is 0 Å². The van der Waals surface area contributed by atoms with Crippen LogP contribution in [0, 0.1) is 0 Å². The second-order valence-corrected chi connectivity index (χ2v) is 3.09. The van der Waals surface area contributed by atoms with Crippen molar-refractivity contribution < 1.29 is 9.53 Å². The van der Waals surface area contributed by atoms with E-state index in [-0.39, 0.29) is 5.97 Å². The first-order valence-electron chi connectivity index (χ1n) is 4.22. The fourth-order valence-corrected chi connectivity index (χ4v) is 1.46. The third-order valence-corrected chi connectivity index (χ3v) is 2.26. The zero-order valence-corrected chi connectivity index (χ0v) is 7.67. The number of esters is 1. The van der Waals surface area contributed by atoms with E-state index in [1.54, 1.807) is 0 Å². The Kier molecular flexibility index (Phi) is 3.49. The summed E-state index contributed by atoms with van der Waals surface area (Å²) in [5.41, 5.74) is 0. The quantitative estimate of drug-likeness (QED) is 0.580. The van der Waals surface area contributed by atoms with Crippen LogP contribution in [0.2, 0.25) is 0 Å². The van der Waals surface area contributed by atoms with Crippen LogP contribution < -0.4 is 5.32 Å². The monoisotopic (exact) mass is 172 g/mol. The Morgan fingerprint density at radius 3 is 3.00 bits per heavy atom. The van der Waals surface area contributed by atoms with E-state index in [1.807, 2.05) is 7.05 Å². The summed E-state index contributed by atoms with van der Waals surface area (Å²) in [7, 11) is 3.38. The number of rotatable bonds is 3. The van der Waals surface area contributed by atoms with Gasteiger partial charge in [-0.3, -0.25) is 9.69 Å². The van der Waals surface area contributed by atoms with Crippen LogP contribution in [-0.2, 0) is 9.53 Å². The predicted molar refractivity (Wildman–Crippen MR) is 45.9 cm³/mol. The second kappa shape index (κ2) is 4.42. The molecular weight excluding hydrogens is 156 g/mol. The lowest BCUT2D eigenvalue weighted by molar-refractivity contribution is -0.141. The number of hydrogen-bond donors (Lipinski definition) is 1. The van der Waals surface area contributed by atoms with Crippen molar-refractivity contribution in [3.05, 3.63) is 0 Å². The van der Waals surface area contributed by atoms with Gasteiger partial charge in [-0.05, 0) is 13.5 Å². The van der Waals surface area contributed by atoms with Crippen LogP contribution in [0.25, 0.3) is 0 Å². The molecule has 1 rings (SSSR count). The van der Waals surface area contributed by atoms with Crippen molar-refractivity contribution in [2.24, 2.45) is 0 Å². The molecule has 0 saturated carbocycles. The maximum absolute atomic E-state index is 10.9. The van der Waals surface area contributed by atoms with Crippen molar-refractivity contribution in [1.29, 1.82) is 0 Å². The third-order valence-electron chi connectivity index (χ3n) is 2.26. The third kappa shape index (κ3) is 2.46. The minimum absolute atomic E-state index is 0.147. The second-order valence-electron chi connectivity index (χ2n) is 3.09. The van der Waals surface area contributed by atoms with Gasteiger partial charge in [-0.25, -0.2) is 0 Å². The van der Waals surface area contributed by atoms with Gasteiger partial charge in [-0.15, -0.1) is 0 Å². The normalized spacial score (nSPS) is 24.3. The molecule has 1 aliphatic heterocycles. The Labute approximate surface area is 72.9 Å². The molecule has 1 fully saturated rings. The molecular formula is C8H16N2O2. The molecule has 1 saturated heterocycles. The van der Waals surface area contributed by atoms with Crippen molar-refractivity contribution in [1.82, 2.24) is 10.2 Å². The average molecular weight is 172 g/mol. The summed E-state index contributed by atoms with van der Waals surface area (Å²) in [6.07, 6.45) is 1.12. The van der Waals surface area contributed by atoms with Gasteiger partial charge in [0, 0.05) is 19.1 Å². The van der Waals surface area contributed by atoms with Gasteiger partial charge in [0.25, 0.3) is 0 Å². The van der Waals surface area contributed by atoms with E-state index in [9.17, 15) is 4.79 Å². The molecule has 0 aliphatic carbocycles. The molecule has 4 heteroatoms. The van der Waals surface area contributed by atoms with Crippen molar-refractivity contribution in [3.63, 3.8) is 0 Å². The molecule has 1 unspecified atom stereocenters. The van der Waals surface area contributed by atoms with Gasteiger partial charge in [0.1, 0.15) is 0 Å². The van der Waals surface area contributed by atoms with Crippen LogP contribution in [0.4, 0.5) is 0 Å². The number of methoxy groups -OCH3 is 1. The minimum Gasteiger partial charge on any atom is -0.468 e. The number of hydrogen-bond acceptors (Lipinski definition) is 4. The van der Waals surface area contributed by atoms with Gasteiger partial charge >= 0.3 is 5.97 Å². The van der Waals surface area contributed by atoms with Crippen molar-refractivity contribution in [3.8, 4) is 0 Å². The van der Waals surface area contributed by atoms with Crippen LogP contribution in [0.3, 0.4) is 0 Å². The molecule has 1 heterocycles. The average Bonchev–Trinajstić information content (AvgIpc) is 2.52. The van der Waals surface area contributed by atoms with Crippen LogP contribution in [-0.4, -0.2) is 50.7 Å². The zero-order chi connectivity index (χ0) is 8.97. The van der Waals surface area contributed by atoms with Crippen LogP contribution >= 0.6 is 0 Å². The Morgan fingerprint density at radius 2 is 2.50 bits per heavy atom. The summed E-state index contributed by atoms with van der Waals surface area (Å²) in [6.45, 7) is 2.36. The summed E-state index contributed by atoms with van der Waals surface area (Å²) in [4.78, 5) is 13.0. The highest BCUT2D eigenvalue weighted by molar-refractivity contribution is 5.71. The number of nitrogens with one attached hydrogen (secondary N) is 1. The predicted octanol–water partition coefficient (Wildman–Crippen LogP) is -0.547. The smallest absolute Gasteiger partial charge is 0.319 e. The SMILES string of the molecule is CNC1CCN(CC(=O)OC)C1. The molecule has 0 bridgehead atoms. The number of carbonyl (C=O) groups excluding carboxylic acids is 1. The topological polar surface area (TPSA) is 41.6 Å². The Balaban J connectivity index is 2.23. The first kappa shape index (κ1) is 9.48. The largest absolute Gasteiger partial charge is 0.468 e. The van der Waals surface area contributed by atoms with Crippen molar-refractivity contribution >= 4 is 5.97 Å². The molecule has 1 atom stereocenters. The first-order valence-corrected chi connectivity index (χ1v) is 4.22. The summed E-state index contributed by atoms with van der Waals surface area (Å²) < 4.78 is 4.58. The van der Waals surface area contributed by atoms with Gasteiger partial charge < -0.3 is 10.1 Å². The highest BCUT2D eigenvalue weighted by Crippen LogP contribution is 2.07. The van der Waals surface area contributed by atoms with E-state index in [0.29, 0.717) is 12.6 Å². The maximum Gasteiger partial charge on any atom is 0.319 e. The lowest BCUT2D eigenvalue weighted by atomic mass is 10.3. The van der Waals surface area contributed by atoms with Crippen LogP contribution in [0.5, 0.6) is 0 Å². The number of likely N-dealkylation sites (tertiary alicyclic amines) is 1. The fraction of sp³-hybridized carbons (Fsp3) is 0.875. The van der Waals surface area contributed by atoms with Crippen molar-refractivity contribution in [2.75, 3.05) is 33.8 Å². The Morgan fingerprint density at radius 1 is 1.75 bits per heavy atom. The van der Waals surface area contributed by atoms with Gasteiger partial charge in [0.15, 0.2) is 0 Å². The molecule has 0 aromatic rings. The summed E-state index contributed by atoms with van der Waals surface area (Å²) in [6, 6.07) is 0.537. The van der Waals surface area contributed by atoms with E-state index >= 15 is 0 Å². The standard InChI is InChI=1S/C8H16N2O2/c1-9-7-3-4-10(5-7)6-8(11)12-2/h7,9H,3-6H2,1-2H3. The molecule has 12 heavy (non-hydrogen) atoms. The molecule has 0 spiro atoms. The van der Waals surface area contributed by atoms with Gasteiger partial charge in [0.05, 0.1) is 13.7 Å². The number of carbonyl (C=O) groups is 1. The van der Waals surface area contributed by atoms with E-state index in [4.69, 9.17) is 0 Å². The van der Waals surface area contributed by atoms with Gasteiger partial charge in [-0.1, -0.05) is 0 Å².